The summed E-state index contributed by atoms with van der Waals surface area (Å²) in [5.41, 5.74) is 0.768. The number of rotatable bonds is 7. The molecular weight excluding hydrogens is 278 g/mol. The summed E-state index contributed by atoms with van der Waals surface area (Å²) in [6.45, 7) is -0.611. The van der Waals surface area contributed by atoms with Gasteiger partial charge < -0.3 is 5.11 Å². The van der Waals surface area contributed by atoms with Crippen molar-refractivity contribution in [1.29, 1.82) is 0 Å². The summed E-state index contributed by atoms with van der Waals surface area (Å²) < 4.78 is 50.5. The van der Waals surface area contributed by atoms with Gasteiger partial charge in [-0.3, -0.25) is 0 Å². The van der Waals surface area contributed by atoms with Gasteiger partial charge in [-0.05, 0) is 5.56 Å². The Labute approximate surface area is 111 Å². The van der Waals surface area contributed by atoms with Crippen LogP contribution in [0.3, 0.4) is 0 Å². The van der Waals surface area contributed by atoms with Gasteiger partial charge in [0.2, 0.25) is 0 Å². The van der Waals surface area contributed by atoms with E-state index in [-0.39, 0.29) is 6.54 Å². The Morgan fingerprint density at radius 3 is 2.42 bits per heavy atom. The van der Waals surface area contributed by atoms with E-state index < -0.39 is 29.3 Å². The summed E-state index contributed by atoms with van der Waals surface area (Å²) >= 11 is 0. The Hall–Kier alpha value is -1.09. The summed E-state index contributed by atoms with van der Waals surface area (Å²) in [5, 5.41) is 8.87. The van der Waals surface area contributed by atoms with Crippen LogP contribution < -0.4 is 4.72 Å². The van der Waals surface area contributed by atoms with Crippen molar-refractivity contribution in [2.45, 2.75) is 19.1 Å². The SMILES string of the molecule is CN(Cc1ccccc1)S(=O)(=O)NCC(O)C(F)F. The maximum Gasteiger partial charge on any atom is 0.279 e. The van der Waals surface area contributed by atoms with Gasteiger partial charge >= 0.3 is 0 Å². The molecule has 0 bridgehead atoms. The van der Waals surface area contributed by atoms with E-state index in [1.54, 1.807) is 30.3 Å². The van der Waals surface area contributed by atoms with Crippen LogP contribution in [0.15, 0.2) is 30.3 Å². The van der Waals surface area contributed by atoms with Gasteiger partial charge in [0.15, 0.2) is 0 Å². The largest absolute Gasteiger partial charge is 0.386 e. The Bertz CT molecular complexity index is 482. The molecule has 0 fully saturated rings. The number of aliphatic hydroxyl groups is 1. The molecule has 2 N–H and O–H groups in total. The minimum atomic E-state index is -3.90. The molecule has 1 unspecified atom stereocenters. The lowest BCUT2D eigenvalue weighted by atomic mass is 10.2. The molecule has 1 aromatic rings. The van der Waals surface area contributed by atoms with E-state index in [4.69, 9.17) is 5.11 Å². The fourth-order valence-electron chi connectivity index (χ4n) is 1.32. The molecule has 0 aliphatic heterocycles. The lowest BCUT2D eigenvalue weighted by Crippen LogP contribution is -2.42. The highest BCUT2D eigenvalue weighted by Crippen LogP contribution is 2.06. The lowest BCUT2D eigenvalue weighted by molar-refractivity contribution is -0.000612. The third-order valence-corrected chi connectivity index (χ3v) is 3.91. The summed E-state index contributed by atoms with van der Waals surface area (Å²) in [5.74, 6) is 0. The molecule has 1 atom stereocenters. The standard InChI is InChI=1S/C11H16F2N2O3S/c1-15(8-9-5-3-2-4-6-9)19(17,18)14-7-10(16)11(12)13/h2-6,10-11,14,16H,7-8H2,1H3. The topological polar surface area (TPSA) is 69.6 Å². The number of nitrogens with one attached hydrogen (secondary N) is 1. The molecule has 8 heteroatoms. The van der Waals surface area contributed by atoms with E-state index in [2.05, 4.69) is 0 Å². The van der Waals surface area contributed by atoms with E-state index in [1.807, 2.05) is 4.72 Å². The zero-order valence-corrected chi connectivity index (χ0v) is 11.1. The van der Waals surface area contributed by atoms with Gasteiger partial charge in [0.05, 0.1) is 0 Å². The average molecular weight is 294 g/mol. The van der Waals surface area contributed by atoms with Crippen molar-refractivity contribution >= 4 is 10.2 Å². The average Bonchev–Trinajstić information content (AvgIpc) is 2.37. The van der Waals surface area contributed by atoms with Gasteiger partial charge in [-0.15, -0.1) is 0 Å². The second-order valence-electron chi connectivity index (χ2n) is 4.00. The first-order chi connectivity index (χ1) is 8.83. The molecular formula is C11H16F2N2O3S. The maximum absolute atomic E-state index is 12.1. The molecule has 0 saturated heterocycles. The highest BCUT2D eigenvalue weighted by atomic mass is 32.2. The van der Waals surface area contributed by atoms with Crippen molar-refractivity contribution in [2.24, 2.45) is 0 Å². The van der Waals surface area contributed by atoms with Crippen LogP contribution in [0, 0.1) is 0 Å². The van der Waals surface area contributed by atoms with Crippen LogP contribution in [0.4, 0.5) is 8.78 Å². The second-order valence-corrected chi connectivity index (χ2v) is 5.86. The lowest BCUT2D eigenvalue weighted by Gasteiger charge is -2.19. The van der Waals surface area contributed by atoms with Crippen molar-refractivity contribution in [3.63, 3.8) is 0 Å². The van der Waals surface area contributed by atoms with E-state index in [0.717, 1.165) is 9.87 Å². The van der Waals surface area contributed by atoms with Crippen LogP contribution in [0.25, 0.3) is 0 Å². The number of benzene rings is 1. The Balaban J connectivity index is 2.57. The fourth-order valence-corrected chi connectivity index (χ4v) is 2.24. The zero-order chi connectivity index (χ0) is 14.5. The second kappa shape index (κ2) is 6.90. The Morgan fingerprint density at radius 1 is 1.32 bits per heavy atom. The van der Waals surface area contributed by atoms with Crippen molar-refractivity contribution in [1.82, 2.24) is 9.03 Å². The number of alkyl halides is 2. The summed E-state index contributed by atoms with van der Waals surface area (Å²) in [6, 6.07) is 8.84. The normalized spacial score (nSPS) is 14.0. The highest BCUT2D eigenvalue weighted by molar-refractivity contribution is 7.87. The molecule has 0 aromatic heterocycles. The number of nitrogens with zero attached hydrogens (tertiary/aromatic N) is 1. The summed E-state index contributed by atoms with van der Waals surface area (Å²) in [4.78, 5) is 0. The van der Waals surface area contributed by atoms with Gasteiger partial charge in [0, 0.05) is 20.1 Å². The predicted octanol–water partition coefficient (Wildman–Crippen LogP) is 0.579. The molecule has 1 aromatic carbocycles. The number of aliphatic hydroxyl groups excluding tert-OH is 1. The maximum atomic E-state index is 12.1. The molecule has 0 radical (unpaired) electrons. The number of hydrogen-bond acceptors (Lipinski definition) is 3. The first-order valence-electron chi connectivity index (χ1n) is 5.54. The minimum absolute atomic E-state index is 0.112. The van der Waals surface area contributed by atoms with Gasteiger partial charge in [-0.25, -0.2) is 8.78 Å². The quantitative estimate of drug-likeness (QED) is 0.773. The fraction of sp³-hybridized carbons (Fsp3) is 0.455. The van der Waals surface area contributed by atoms with Crippen molar-refractivity contribution in [3.05, 3.63) is 35.9 Å². The molecule has 0 aliphatic rings. The van der Waals surface area contributed by atoms with E-state index in [1.165, 1.54) is 7.05 Å². The van der Waals surface area contributed by atoms with Gasteiger partial charge in [-0.1, -0.05) is 30.3 Å². The third kappa shape index (κ3) is 5.19. The molecule has 0 heterocycles. The van der Waals surface area contributed by atoms with Gasteiger partial charge in [-0.2, -0.15) is 17.4 Å². The predicted molar refractivity (Wildman–Crippen MR) is 66.8 cm³/mol. The van der Waals surface area contributed by atoms with Crippen molar-refractivity contribution < 1.29 is 22.3 Å². The monoisotopic (exact) mass is 294 g/mol. The molecule has 0 spiro atoms. The van der Waals surface area contributed by atoms with Crippen LogP contribution >= 0.6 is 0 Å². The van der Waals surface area contributed by atoms with Crippen LogP contribution in [-0.4, -0.2) is 44.0 Å². The van der Waals surface area contributed by atoms with Crippen LogP contribution in [0.2, 0.25) is 0 Å². The van der Waals surface area contributed by atoms with Crippen molar-refractivity contribution in [3.8, 4) is 0 Å². The first-order valence-corrected chi connectivity index (χ1v) is 6.98. The molecule has 0 aliphatic carbocycles. The third-order valence-electron chi connectivity index (χ3n) is 2.42. The van der Waals surface area contributed by atoms with E-state index >= 15 is 0 Å². The Morgan fingerprint density at radius 2 is 1.89 bits per heavy atom. The van der Waals surface area contributed by atoms with Crippen molar-refractivity contribution in [2.75, 3.05) is 13.6 Å². The molecule has 0 saturated carbocycles. The Kier molecular flexibility index (Phi) is 5.80. The van der Waals surface area contributed by atoms with Gasteiger partial charge in [0.25, 0.3) is 16.6 Å². The number of halogens is 2. The molecule has 19 heavy (non-hydrogen) atoms. The molecule has 1 rings (SSSR count). The number of hydrogen-bond donors (Lipinski definition) is 2. The smallest absolute Gasteiger partial charge is 0.279 e. The van der Waals surface area contributed by atoms with E-state index in [9.17, 15) is 17.2 Å². The molecule has 108 valence electrons. The summed E-state index contributed by atoms with van der Waals surface area (Å²) in [7, 11) is -2.57. The van der Waals surface area contributed by atoms with Crippen LogP contribution in [0.5, 0.6) is 0 Å². The summed E-state index contributed by atoms with van der Waals surface area (Å²) in [6.07, 6.45) is -5.00. The molecule has 0 amide bonds. The van der Waals surface area contributed by atoms with Crippen LogP contribution in [0.1, 0.15) is 5.56 Å². The zero-order valence-electron chi connectivity index (χ0n) is 10.3. The first kappa shape index (κ1) is 16.0. The van der Waals surface area contributed by atoms with Crippen LogP contribution in [-0.2, 0) is 16.8 Å². The molecule has 5 nitrogen and oxygen atoms in total. The van der Waals surface area contributed by atoms with E-state index in [0.29, 0.717) is 0 Å². The highest BCUT2D eigenvalue weighted by Gasteiger charge is 2.22. The van der Waals surface area contributed by atoms with Gasteiger partial charge in [0.1, 0.15) is 6.10 Å². The minimum Gasteiger partial charge on any atom is -0.386 e.